The lowest BCUT2D eigenvalue weighted by atomic mass is 10.3. The average molecular weight is 259 g/mol. The highest BCUT2D eigenvalue weighted by Gasteiger charge is 2.42. The van der Waals surface area contributed by atoms with Crippen molar-refractivity contribution in [2.45, 2.75) is 12.3 Å². The van der Waals surface area contributed by atoms with Crippen LogP contribution in [0, 0.1) is 11.3 Å². The summed E-state index contributed by atoms with van der Waals surface area (Å²) < 4.78 is 42.9. The molecule has 1 aromatic heterocycles. The van der Waals surface area contributed by atoms with Crippen molar-refractivity contribution >= 4 is 0 Å². The van der Waals surface area contributed by atoms with E-state index >= 15 is 0 Å². The molecular formula is C11H12F3N3O. The van der Waals surface area contributed by atoms with Gasteiger partial charge < -0.3 is 9.64 Å². The number of hydrogen-bond acceptors (Lipinski definition) is 4. The van der Waals surface area contributed by atoms with Crippen LogP contribution in [0.15, 0.2) is 18.3 Å². The van der Waals surface area contributed by atoms with Crippen molar-refractivity contribution in [3.05, 3.63) is 23.9 Å². The van der Waals surface area contributed by atoms with Crippen molar-refractivity contribution in [1.82, 2.24) is 9.88 Å². The molecule has 1 rings (SSSR count). The van der Waals surface area contributed by atoms with Crippen molar-refractivity contribution in [3.63, 3.8) is 0 Å². The summed E-state index contributed by atoms with van der Waals surface area (Å²) in [5.74, 6) is -0.210. The lowest BCUT2D eigenvalue weighted by molar-refractivity contribution is -0.198. The predicted octanol–water partition coefficient (Wildman–Crippen LogP) is 1.82. The van der Waals surface area contributed by atoms with Gasteiger partial charge in [0.2, 0.25) is 12.0 Å². The lowest BCUT2D eigenvalue weighted by Gasteiger charge is -2.24. The monoisotopic (exact) mass is 259 g/mol. The van der Waals surface area contributed by atoms with Crippen molar-refractivity contribution in [1.29, 1.82) is 5.26 Å². The number of pyridine rings is 1. The summed E-state index contributed by atoms with van der Waals surface area (Å²) in [6.45, 7) is -0.317. The number of nitrogens with zero attached hydrogens (tertiary/aromatic N) is 3. The number of likely N-dealkylation sites (N-methyl/N-ethyl adjacent to an activating group) is 1. The Hall–Kier alpha value is -1.81. The summed E-state index contributed by atoms with van der Waals surface area (Å²) in [4.78, 5) is 5.02. The summed E-state index contributed by atoms with van der Waals surface area (Å²) in [5, 5.41) is 8.64. The largest absolute Gasteiger partial charge is 0.463 e. The zero-order chi connectivity index (χ0) is 13.8. The minimum Gasteiger partial charge on any atom is -0.463 e. The van der Waals surface area contributed by atoms with E-state index < -0.39 is 12.3 Å². The van der Waals surface area contributed by atoms with E-state index in [2.05, 4.69) is 4.98 Å². The Balaban J connectivity index is 2.86. The van der Waals surface area contributed by atoms with Gasteiger partial charge in [-0.1, -0.05) is 0 Å². The Morgan fingerprint density at radius 3 is 2.67 bits per heavy atom. The van der Waals surface area contributed by atoms with Crippen LogP contribution in [0.5, 0.6) is 5.88 Å². The Bertz CT molecular complexity index is 440. The maximum atomic E-state index is 12.7. The molecule has 0 saturated heterocycles. The van der Waals surface area contributed by atoms with Gasteiger partial charge in [-0.05, 0) is 20.2 Å². The number of hydrogen-bond donors (Lipinski definition) is 0. The summed E-state index contributed by atoms with van der Waals surface area (Å²) in [6, 6.07) is 4.37. The van der Waals surface area contributed by atoms with Crippen molar-refractivity contribution in [2.75, 3.05) is 20.6 Å². The zero-order valence-corrected chi connectivity index (χ0v) is 9.90. The number of aromatic nitrogens is 1. The molecule has 0 aliphatic heterocycles. The van der Waals surface area contributed by atoms with E-state index in [0.717, 1.165) is 0 Å². The first-order chi connectivity index (χ1) is 8.32. The van der Waals surface area contributed by atoms with Gasteiger partial charge in [0.05, 0.1) is 11.6 Å². The SMILES string of the molecule is CN(C)C[C@@H](Oc1cc(C#N)ccn1)C(F)(F)F. The molecule has 0 aliphatic carbocycles. The number of rotatable bonds is 4. The average Bonchev–Trinajstić information content (AvgIpc) is 2.26. The molecule has 0 amide bonds. The van der Waals surface area contributed by atoms with E-state index in [0.29, 0.717) is 0 Å². The first-order valence-corrected chi connectivity index (χ1v) is 5.07. The minimum absolute atomic E-state index is 0.200. The molecule has 1 atom stereocenters. The van der Waals surface area contributed by atoms with Gasteiger partial charge in [0.15, 0.2) is 0 Å². The molecule has 1 heterocycles. The van der Waals surface area contributed by atoms with Crippen LogP contribution in [0.4, 0.5) is 13.2 Å². The molecule has 0 saturated carbocycles. The summed E-state index contributed by atoms with van der Waals surface area (Å²) in [7, 11) is 3.03. The second kappa shape index (κ2) is 5.69. The van der Waals surface area contributed by atoms with Crippen molar-refractivity contribution in [2.24, 2.45) is 0 Å². The fourth-order valence-corrected chi connectivity index (χ4v) is 1.23. The molecule has 0 spiro atoms. The van der Waals surface area contributed by atoms with E-state index in [9.17, 15) is 13.2 Å². The van der Waals surface area contributed by atoms with Gasteiger partial charge >= 0.3 is 6.18 Å². The number of alkyl halides is 3. The third kappa shape index (κ3) is 4.22. The molecule has 0 N–H and O–H groups in total. The molecule has 4 nitrogen and oxygen atoms in total. The smallest absolute Gasteiger partial charge is 0.426 e. The van der Waals surface area contributed by atoms with Crippen LogP contribution < -0.4 is 4.74 Å². The van der Waals surface area contributed by atoms with Crippen LogP contribution in [0.3, 0.4) is 0 Å². The van der Waals surface area contributed by atoms with Gasteiger partial charge in [-0.3, -0.25) is 0 Å². The molecule has 0 bridgehead atoms. The fraction of sp³-hybridized carbons (Fsp3) is 0.455. The molecule has 98 valence electrons. The highest BCUT2D eigenvalue weighted by molar-refractivity contribution is 5.31. The molecular weight excluding hydrogens is 247 g/mol. The third-order valence-electron chi connectivity index (χ3n) is 2.02. The molecule has 0 aromatic carbocycles. The lowest BCUT2D eigenvalue weighted by Crippen LogP contribution is -2.42. The summed E-state index contributed by atoms with van der Waals surface area (Å²) >= 11 is 0. The Labute approximate surface area is 103 Å². The molecule has 0 fully saturated rings. The van der Waals surface area contributed by atoms with Gasteiger partial charge in [-0.2, -0.15) is 18.4 Å². The van der Waals surface area contributed by atoms with Crippen LogP contribution in [0.25, 0.3) is 0 Å². The third-order valence-corrected chi connectivity index (χ3v) is 2.02. The van der Waals surface area contributed by atoms with Crippen molar-refractivity contribution in [3.8, 4) is 11.9 Å². The van der Waals surface area contributed by atoms with E-state index in [1.165, 1.54) is 37.3 Å². The van der Waals surface area contributed by atoms with Crippen LogP contribution in [-0.4, -0.2) is 42.8 Å². The number of ether oxygens (including phenoxy) is 1. The standard InChI is InChI=1S/C11H12F3N3O/c1-17(2)7-9(11(12,13)14)18-10-5-8(6-15)3-4-16-10/h3-5,9H,7H2,1-2H3/t9-/m1/s1. The maximum absolute atomic E-state index is 12.7. The number of halogens is 3. The van der Waals surface area contributed by atoms with Crippen molar-refractivity contribution < 1.29 is 17.9 Å². The zero-order valence-electron chi connectivity index (χ0n) is 9.90. The first kappa shape index (κ1) is 14.3. The quantitative estimate of drug-likeness (QED) is 0.827. The Morgan fingerprint density at radius 2 is 2.17 bits per heavy atom. The highest BCUT2D eigenvalue weighted by Crippen LogP contribution is 2.25. The van der Waals surface area contributed by atoms with E-state index in [4.69, 9.17) is 10.00 Å². The maximum Gasteiger partial charge on any atom is 0.426 e. The Morgan fingerprint density at radius 1 is 1.50 bits per heavy atom. The normalized spacial score (nSPS) is 13.2. The second-order valence-electron chi connectivity index (χ2n) is 3.90. The minimum atomic E-state index is -4.49. The summed E-state index contributed by atoms with van der Waals surface area (Å²) in [5.41, 5.74) is 0.200. The molecule has 0 unspecified atom stereocenters. The van der Waals surface area contributed by atoms with E-state index in [1.807, 2.05) is 6.07 Å². The highest BCUT2D eigenvalue weighted by atomic mass is 19.4. The molecule has 0 radical (unpaired) electrons. The van der Waals surface area contributed by atoms with Gasteiger partial charge in [0, 0.05) is 18.8 Å². The van der Waals surface area contributed by atoms with Gasteiger partial charge in [-0.15, -0.1) is 0 Å². The molecule has 1 aromatic rings. The number of nitriles is 1. The van der Waals surface area contributed by atoms with Crippen LogP contribution in [0.2, 0.25) is 0 Å². The molecule has 7 heteroatoms. The summed E-state index contributed by atoms with van der Waals surface area (Å²) in [6.07, 6.45) is -5.24. The topological polar surface area (TPSA) is 49.1 Å². The van der Waals surface area contributed by atoms with Crippen LogP contribution in [0.1, 0.15) is 5.56 Å². The predicted molar refractivity (Wildman–Crippen MR) is 58.0 cm³/mol. The van der Waals surface area contributed by atoms with E-state index in [1.54, 1.807) is 0 Å². The van der Waals surface area contributed by atoms with Gasteiger partial charge in [0.1, 0.15) is 0 Å². The van der Waals surface area contributed by atoms with Gasteiger partial charge in [0.25, 0.3) is 0 Å². The van der Waals surface area contributed by atoms with Crippen LogP contribution >= 0.6 is 0 Å². The fourth-order valence-electron chi connectivity index (χ4n) is 1.23. The van der Waals surface area contributed by atoms with Gasteiger partial charge in [-0.25, -0.2) is 4.98 Å². The second-order valence-corrected chi connectivity index (χ2v) is 3.90. The first-order valence-electron chi connectivity index (χ1n) is 5.07. The molecule has 0 aliphatic rings. The van der Waals surface area contributed by atoms with E-state index in [-0.39, 0.29) is 18.0 Å². The molecule has 18 heavy (non-hydrogen) atoms. The van der Waals surface area contributed by atoms with Crippen LogP contribution in [-0.2, 0) is 0 Å². The Kier molecular flexibility index (Phi) is 4.50.